The molecule has 28 heavy (non-hydrogen) atoms. The molecule has 9 heteroatoms. The second kappa shape index (κ2) is 7.13. The summed E-state index contributed by atoms with van der Waals surface area (Å²) in [6, 6.07) is 4.17. The molecule has 0 saturated carbocycles. The Morgan fingerprint density at radius 2 is 2.21 bits per heavy atom. The average molecular weight is 381 g/mol. The van der Waals surface area contributed by atoms with Crippen LogP contribution in [0.2, 0.25) is 0 Å². The predicted molar refractivity (Wildman–Crippen MR) is 104 cm³/mol. The molecule has 0 amide bonds. The van der Waals surface area contributed by atoms with Crippen molar-refractivity contribution in [2.75, 3.05) is 18.5 Å². The first kappa shape index (κ1) is 18.3. The van der Waals surface area contributed by atoms with Crippen LogP contribution >= 0.6 is 0 Å². The highest BCUT2D eigenvalue weighted by Crippen LogP contribution is 2.32. The van der Waals surface area contributed by atoms with E-state index >= 15 is 0 Å². The van der Waals surface area contributed by atoms with Crippen LogP contribution in [0.1, 0.15) is 32.5 Å². The molecule has 1 aliphatic rings. The summed E-state index contributed by atoms with van der Waals surface area (Å²) in [6.07, 6.45) is 3.54. The number of fused-ring (bicyclic) bond motifs is 1. The summed E-state index contributed by atoms with van der Waals surface area (Å²) in [5.41, 5.74) is 1.97. The largest absolute Gasteiger partial charge is 0.472 e. The van der Waals surface area contributed by atoms with E-state index in [0.717, 1.165) is 5.39 Å². The molecule has 0 bridgehead atoms. The highest BCUT2D eigenvalue weighted by atomic mass is 16.5. The Balaban J connectivity index is 1.73. The minimum atomic E-state index is -0.00174. The van der Waals surface area contributed by atoms with Crippen LogP contribution in [0.4, 0.5) is 11.6 Å². The van der Waals surface area contributed by atoms with Crippen LogP contribution in [0.5, 0.6) is 5.88 Å². The van der Waals surface area contributed by atoms with Gasteiger partial charge in [0.2, 0.25) is 5.95 Å². The lowest BCUT2D eigenvalue weighted by molar-refractivity contribution is 0.182. The standard InChI is InChI=1S/C19H23N7O2/c1-11(2)28-18-15(8-25(4)24-18)22-19-21-7-13-5-14(6-20)26(17(13)23-19)16-10-27-9-12(16)3/h5,7-8,11-12,16H,9-10H2,1-4H3,(H,21,22,23)/t12-,16+/m1/s1. The second-order valence-corrected chi connectivity index (χ2v) is 7.38. The van der Waals surface area contributed by atoms with Gasteiger partial charge in [-0.25, -0.2) is 4.98 Å². The van der Waals surface area contributed by atoms with Gasteiger partial charge < -0.3 is 19.4 Å². The molecule has 3 aromatic rings. The predicted octanol–water partition coefficient (Wildman–Crippen LogP) is 2.77. The van der Waals surface area contributed by atoms with Crippen molar-refractivity contribution < 1.29 is 9.47 Å². The van der Waals surface area contributed by atoms with Gasteiger partial charge in [0.15, 0.2) is 0 Å². The first-order valence-electron chi connectivity index (χ1n) is 9.29. The molecular weight excluding hydrogens is 358 g/mol. The number of aromatic nitrogens is 5. The van der Waals surface area contributed by atoms with E-state index in [0.29, 0.717) is 48.0 Å². The molecule has 1 fully saturated rings. The van der Waals surface area contributed by atoms with E-state index in [-0.39, 0.29) is 12.1 Å². The first-order valence-corrected chi connectivity index (χ1v) is 9.29. The van der Waals surface area contributed by atoms with Gasteiger partial charge in [0.25, 0.3) is 5.88 Å². The number of rotatable bonds is 5. The fourth-order valence-corrected chi connectivity index (χ4v) is 3.45. The minimum Gasteiger partial charge on any atom is -0.472 e. The Hall–Kier alpha value is -3.12. The molecule has 0 unspecified atom stereocenters. The SMILES string of the molecule is CC(C)Oc1nn(C)cc1Nc1ncc2cc(C#N)n([C@H]3COC[C@H]3C)c2n1. The number of nitrogens with zero attached hydrogens (tertiary/aromatic N) is 6. The molecule has 1 saturated heterocycles. The topological polar surface area (TPSA) is 103 Å². The molecule has 1 N–H and O–H groups in total. The summed E-state index contributed by atoms with van der Waals surface area (Å²) in [7, 11) is 1.83. The first-order chi connectivity index (χ1) is 13.5. The van der Waals surface area contributed by atoms with Crippen molar-refractivity contribution in [3.05, 3.63) is 24.2 Å². The van der Waals surface area contributed by atoms with Gasteiger partial charge in [-0.05, 0) is 19.9 Å². The molecule has 0 spiro atoms. The van der Waals surface area contributed by atoms with Crippen molar-refractivity contribution in [2.45, 2.75) is 32.9 Å². The van der Waals surface area contributed by atoms with E-state index < -0.39 is 0 Å². The summed E-state index contributed by atoms with van der Waals surface area (Å²) in [5.74, 6) is 1.22. The molecule has 9 nitrogen and oxygen atoms in total. The van der Waals surface area contributed by atoms with E-state index in [1.807, 2.05) is 37.7 Å². The van der Waals surface area contributed by atoms with E-state index in [9.17, 15) is 5.26 Å². The maximum absolute atomic E-state index is 9.59. The van der Waals surface area contributed by atoms with Crippen molar-refractivity contribution in [3.8, 4) is 11.9 Å². The van der Waals surface area contributed by atoms with Crippen molar-refractivity contribution in [2.24, 2.45) is 13.0 Å². The molecule has 4 heterocycles. The van der Waals surface area contributed by atoms with E-state index in [1.54, 1.807) is 10.9 Å². The number of hydrogen-bond acceptors (Lipinski definition) is 7. The van der Waals surface area contributed by atoms with Crippen LogP contribution in [0, 0.1) is 17.2 Å². The molecule has 1 aliphatic heterocycles. The van der Waals surface area contributed by atoms with Gasteiger partial charge >= 0.3 is 0 Å². The van der Waals surface area contributed by atoms with Gasteiger partial charge in [-0.2, -0.15) is 10.2 Å². The Morgan fingerprint density at radius 1 is 1.39 bits per heavy atom. The van der Waals surface area contributed by atoms with Crippen molar-refractivity contribution in [3.63, 3.8) is 0 Å². The van der Waals surface area contributed by atoms with Crippen molar-refractivity contribution in [1.29, 1.82) is 5.26 Å². The highest BCUT2D eigenvalue weighted by molar-refractivity contribution is 5.79. The lowest BCUT2D eigenvalue weighted by atomic mass is 10.1. The zero-order chi connectivity index (χ0) is 19.8. The smallest absolute Gasteiger partial charge is 0.257 e. The number of nitriles is 1. The maximum atomic E-state index is 9.59. The quantitative estimate of drug-likeness (QED) is 0.725. The Morgan fingerprint density at radius 3 is 2.89 bits per heavy atom. The third-order valence-corrected chi connectivity index (χ3v) is 4.74. The maximum Gasteiger partial charge on any atom is 0.257 e. The number of hydrogen-bond donors (Lipinski definition) is 1. The van der Waals surface area contributed by atoms with Gasteiger partial charge in [0.1, 0.15) is 23.1 Å². The average Bonchev–Trinajstić information content (AvgIpc) is 3.31. The molecule has 2 atom stereocenters. The molecule has 4 rings (SSSR count). The third-order valence-electron chi connectivity index (χ3n) is 4.74. The fourth-order valence-electron chi connectivity index (χ4n) is 3.45. The Labute approximate surface area is 162 Å². The van der Waals surface area contributed by atoms with Crippen LogP contribution in [0.25, 0.3) is 11.0 Å². The number of ether oxygens (including phenoxy) is 2. The number of anilines is 2. The molecule has 0 aromatic carbocycles. The summed E-state index contributed by atoms with van der Waals surface area (Å²) in [6.45, 7) is 7.26. The normalized spacial score (nSPS) is 19.3. The lowest BCUT2D eigenvalue weighted by Crippen LogP contribution is -2.17. The summed E-state index contributed by atoms with van der Waals surface area (Å²) < 4.78 is 15.0. The van der Waals surface area contributed by atoms with Gasteiger partial charge in [-0.1, -0.05) is 6.92 Å². The van der Waals surface area contributed by atoms with Crippen LogP contribution in [-0.2, 0) is 11.8 Å². The summed E-state index contributed by atoms with van der Waals surface area (Å²) in [4.78, 5) is 9.09. The van der Waals surface area contributed by atoms with Gasteiger partial charge in [0, 0.05) is 24.5 Å². The zero-order valence-electron chi connectivity index (χ0n) is 16.4. The van der Waals surface area contributed by atoms with Crippen LogP contribution in [-0.4, -0.2) is 43.6 Å². The minimum absolute atomic E-state index is 0.00174. The van der Waals surface area contributed by atoms with Crippen molar-refractivity contribution >= 4 is 22.7 Å². The third kappa shape index (κ3) is 3.27. The lowest BCUT2D eigenvalue weighted by Gasteiger charge is -2.17. The fraction of sp³-hybridized carbons (Fsp3) is 0.474. The van der Waals surface area contributed by atoms with Gasteiger partial charge in [-0.3, -0.25) is 4.68 Å². The number of aryl methyl sites for hydroxylation is 1. The monoisotopic (exact) mass is 381 g/mol. The van der Waals surface area contributed by atoms with E-state index in [2.05, 4.69) is 33.4 Å². The van der Waals surface area contributed by atoms with Gasteiger partial charge in [-0.15, -0.1) is 5.10 Å². The molecular formula is C19H23N7O2. The second-order valence-electron chi connectivity index (χ2n) is 7.38. The zero-order valence-corrected chi connectivity index (χ0v) is 16.4. The van der Waals surface area contributed by atoms with E-state index in [4.69, 9.17) is 9.47 Å². The Bertz CT molecular complexity index is 1050. The van der Waals surface area contributed by atoms with Crippen molar-refractivity contribution in [1.82, 2.24) is 24.3 Å². The van der Waals surface area contributed by atoms with E-state index in [1.165, 1.54) is 0 Å². The van der Waals surface area contributed by atoms with Gasteiger partial charge in [0.05, 0.1) is 31.6 Å². The molecule has 0 radical (unpaired) electrons. The highest BCUT2D eigenvalue weighted by Gasteiger charge is 2.29. The summed E-state index contributed by atoms with van der Waals surface area (Å²) in [5, 5.41) is 17.9. The van der Waals surface area contributed by atoms with Crippen LogP contribution in [0.15, 0.2) is 18.5 Å². The van der Waals surface area contributed by atoms with Crippen LogP contribution < -0.4 is 10.1 Å². The number of nitrogens with one attached hydrogen (secondary N) is 1. The molecule has 146 valence electrons. The molecule has 0 aliphatic carbocycles. The summed E-state index contributed by atoms with van der Waals surface area (Å²) >= 11 is 0. The van der Waals surface area contributed by atoms with Crippen LogP contribution in [0.3, 0.4) is 0 Å². The Kier molecular flexibility index (Phi) is 4.65. The molecule has 3 aromatic heterocycles.